The summed E-state index contributed by atoms with van der Waals surface area (Å²) in [5.41, 5.74) is 0.302. The summed E-state index contributed by atoms with van der Waals surface area (Å²) in [5.74, 6) is 0.151. The van der Waals surface area contributed by atoms with Gasteiger partial charge in [-0.15, -0.1) is 0 Å². The van der Waals surface area contributed by atoms with E-state index in [0.29, 0.717) is 31.2 Å². The minimum atomic E-state index is -3.76. The first kappa shape index (κ1) is 22.1. The molecule has 1 saturated heterocycles. The Morgan fingerprint density at radius 3 is 2.63 bits per heavy atom. The van der Waals surface area contributed by atoms with Crippen molar-refractivity contribution in [2.45, 2.75) is 44.4 Å². The van der Waals surface area contributed by atoms with Crippen LogP contribution in [0.1, 0.15) is 49.9 Å². The number of hydrogen-bond donors (Lipinski definition) is 1. The molecule has 1 aliphatic heterocycles. The summed E-state index contributed by atoms with van der Waals surface area (Å²) in [5, 5.41) is 3.04. The zero-order valence-corrected chi connectivity index (χ0v) is 17.6. The third kappa shape index (κ3) is 5.91. The van der Waals surface area contributed by atoms with E-state index in [9.17, 15) is 13.2 Å². The number of halogens is 1. The van der Waals surface area contributed by atoms with Crippen LogP contribution in [0.25, 0.3) is 0 Å². The molecular weight excluding hydrogens is 388 g/mol. The molecule has 1 aliphatic rings. The predicted molar refractivity (Wildman–Crippen MR) is 107 cm³/mol. The number of ether oxygens (including phenoxy) is 1. The molecule has 1 amide bonds. The molecule has 1 aromatic carbocycles. The molecule has 1 fully saturated rings. The number of sulfonamides is 1. The van der Waals surface area contributed by atoms with E-state index in [0.717, 1.165) is 25.7 Å². The van der Waals surface area contributed by atoms with Crippen molar-refractivity contribution in [3.63, 3.8) is 0 Å². The lowest BCUT2D eigenvalue weighted by Crippen LogP contribution is -2.40. The van der Waals surface area contributed by atoms with Crippen LogP contribution in [-0.2, 0) is 14.8 Å². The van der Waals surface area contributed by atoms with E-state index in [2.05, 4.69) is 19.2 Å². The van der Waals surface area contributed by atoms with Crippen molar-refractivity contribution in [2.24, 2.45) is 5.92 Å². The summed E-state index contributed by atoms with van der Waals surface area (Å²) in [6.45, 7) is 6.12. The molecule has 0 aliphatic carbocycles. The Morgan fingerprint density at radius 1 is 1.30 bits per heavy atom. The maximum atomic E-state index is 12.9. The molecule has 6 nitrogen and oxygen atoms in total. The fourth-order valence-electron chi connectivity index (χ4n) is 3.05. The summed E-state index contributed by atoms with van der Waals surface area (Å²) in [4.78, 5) is 12.5. The fourth-order valence-corrected chi connectivity index (χ4v) is 4.96. The van der Waals surface area contributed by atoms with Gasteiger partial charge in [0, 0.05) is 25.2 Å². The molecule has 0 saturated carbocycles. The van der Waals surface area contributed by atoms with E-state index in [1.54, 1.807) is 6.07 Å². The summed E-state index contributed by atoms with van der Waals surface area (Å²) in [7, 11) is -3.76. The minimum absolute atomic E-state index is 0.0308. The Bertz CT molecular complexity index is 733. The second kappa shape index (κ2) is 10.4. The van der Waals surface area contributed by atoms with Gasteiger partial charge in [0.1, 0.15) is 4.90 Å². The van der Waals surface area contributed by atoms with Crippen LogP contribution in [-0.4, -0.2) is 51.5 Å². The van der Waals surface area contributed by atoms with Crippen LogP contribution in [0.2, 0.25) is 5.02 Å². The molecule has 1 aromatic rings. The molecular formula is C19H29ClN2O4S. The number of rotatable bonds is 9. The topological polar surface area (TPSA) is 75.7 Å². The summed E-state index contributed by atoms with van der Waals surface area (Å²) in [6, 6.07) is 4.40. The monoisotopic (exact) mass is 416 g/mol. The molecule has 0 bridgehead atoms. The Hall–Kier alpha value is -1.15. The predicted octanol–water partition coefficient (Wildman–Crippen LogP) is 3.31. The van der Waals surface area contributed by atoms with Crippen LogP contribution in [0.15, 0.2) is 23.1 Å². The zero-order chi connectivity index (χ0) is 19.9. The number of carbonyl (C=O) groups is 1. The van der Waals surface area contributed by atoms with Gasteiger partial charge in [-0.1, -0.05) is 44.7 Å². The lowest BCUT2D eigenvalue weighted by Gasteiger charge is -2.26. The van der Waals surface area contributed by atoms with Gasteiger partial charge in [0.25, 0.3) is 5.91 Å². The lowest BCUT2D eigenvalue weighted by molar-refractivity contribution is 0.0730. The molecule has 0 spiro atoms. The Balaban J connectivity index is 2.12. The third-order valence-electron chi connectivity index (χ3n) is 4.88. The fraction of sp³-hybridized carbons (Fsp3) is 0.632. The van der Waals surface area contributed by atoms with Crippen molar-refractivity contribution in [2.75, 3.05) is 32.8 Å². The molecule has 2 rings (SSSR count). The van der Waals surface area contributed by atoms with E-state index in [4.69, 9.17) is 16.3 Å². The zero-order valence-electron chi connectivity index (χ0n) is 16.0. The van der Waals surface area contributed by atoms with Crippen molar-refractivity contribution in [1.29, 1.82) is 0 Å². The maximum absolute atomic E-state index is 12.9. The van der Waals surface area contributed by atoms with Gasteiger partial charge >= 0.3 is 0 Å². The van der Waals surface area contributed by atoms with Gasteiger partial charge in [-0.2, -0.15) is 4.31 Å². The highest BCUT2D eigenvalue weighted by Gasteiger charge is 2.29. The van der Waals surface area contributed by atoms with E-state index in [-0.39, 0.29) is 28.9 Å². The molecule has 0 radical (unpaired) electrons. The number of carbonyl (C=O) groups excluding carboxylic acids is 1. The number of morpholine rings is 1. The van der Waals surface area contributed by atoms with Crippen molar-refractivity contribution >= 4 is 27.5 Å². The van der Waals surface area contributed by atoms with Gasteiger partial charge < -0.3 is 10.1 Å². The van der Waals surface area contributed by atoms with Crippen molar-refractivity contribution in [1.82, 2.24) is 9.62 Å². The molecule has 1 atom stereocenters. The normalized spacial score (nSPS) is 16.9. The minimum Gasteiger partial charge on any atom is -0.379 e. The van der Waals surface area contributed by atoms with Gasteiger partial charge in [-0.3, -0.25) is 4.79 Å². The van der Waals surface area contributed by atoms with Crippen LogP contribution in [0, 0.1) is 5.92 Å². The third-order valence-corrected chi connectivity index (χ3v) is 7.26. The summed E-state index contributed by atoms with van der Waals surface area (Å²) in [6.07, 6.45) is 4.34. The quantitative estimate of drug-likeness (QED) is 0.670. The highest BCUT2D eigenvalue weighted by Crippen LogP contribution is 2.26. The number of amides is 1. The average molecular weight is 417 g/mol. The standard InChI is InChI=1S/C19H29ClN2O4S/c1-3-5-6-15(4-2)14-21-19(23)16-7-8-17(20)18(13-16)27(24,25)22-9-11-26-12-10-22/h7-8,13,15H,3-6,9-12,14H2,1-2H3,(H,21,23)/t15-/m1/s1. The molecule has 152 valence electrons. The van der Waals surface area contributed by atoms with E-state index in [1.165, 1.54) is 16.4 Å². The van der Waals surface area contributed by atoms with Gasteiger partial charge in [-0.05, 0) is 30.5 Å². The van der Waals surface area contributed by atoms with Gasteiger partial charge in [-0.25, -0.2) is 8.42 Å². The number of benzene rings is 1. The summed E-state index contributed by atoms with van der Waals surface area (Å²) < 4.78 is 32.3. The van der Waals surface area contributed by atoms with E-state index in [1.807, 2.05) is 0 Å². The van der Waals surface area contributed by atoms with Gasteiger partial charge in [0.15, 0.2) is 0 Å². The first-order valence-corrected chi connectivity index (χ1v) is 11.4. The van der Waals surface area contributed by atoms with Crippen LogP contribution < -0.4 is 5.32 Å². The Morgan fingerprint density at radius 2 is 2.00 bits per heavy atom. The molecule has 1 N–H and O–H groups in total. The second-order valence-electron chi connectivity index (χ2n) is 6.79. The lowest BCUT2D eigenvalue weighted by atomic mass is 9.99. The van der Waals surface area contributed by atoms with Crippen LogP contribution in [0.5, 0.6) is 0 Å². The van der Waals surface area contributed by atoms with Gasteiger partial charge in [0.05, 0.1) is 18.2 Å². The molecule has 0 aromatic heterocycles. The highest BCUT2D eigenvalue weighted by atomic mass is 35.5. The van der Waals surface area contributed by atoms with Crippen molar-refractivity contribution in [3.8, 4) is 0 Å². The van der Waals surface area contributed by atoms with Crippen LogP contribution >= 0.6 is 11.6 Å². The van der Waals surface area contributed by atoms with Crippen LogP contribution in [0.4, 0.5) is 0 Å². The average Bonchev–Trinajstić information content (AvgIpc) is 2.68. The van der Waals surface area contributed by atoms with Crippen molar-refractivity contribution in [3.05, 3.63) is 28.8 Å². The van der Waals surface area contributed by atoms with Gasteiger partial charge in [0.2, 0.25) is 10.0 Å². The SMILES string of the molecule is CCCC[C@@H](CC)CNC(=O)c1ccc(Cl)c(S(=O)(=O)N2CCOCC2)c1. The Kier molecular flexibility index (Phi) is 8.54. The Labute approximate surface area is 167 Å². The number of hydrogen-bond acceptors (Lipinski definition) is 4. The molecule has 0 unspecified atom stereocenters. The molecule has 27 heavy (non-hydrogen) atoms. The van der Waals surface area contributed by atoms with Crippen molar-refractivity contribution < 1.29 is 17.9 Å². The number of unbranched alkanes of at least 4 members (excludes halogenated alkanes) is 1. The largest absolute Gasteiger partial charge is 0.379 e. The number of nitrogens with one attached hydrogen (secondary N) is 1. The van der Waals surface area contributed by atoms with E-state index >= 15 is 0 Å². The summed E-state index contributed by atoms with van der Waals surface area (Å²) >= 11 is 6.14. The number of nitrogens with zero attached hydrogens (tertiary/aromatic N) is 1. The maximum Gasteiger partial charge on any atom is 0.251 e. The second-order valence-corrected chi connectivity index (χ2v) is 9.10. The highest BCUT2D eigenvalue weighted by molar-refractivity contribution is 7.89. The van der Waals surface area contributed by atoms with E-state index < -0.39 is 10.0 Å². The smallest absolute Gasteiger partial charge is 0.251 e. The molecule has 1 heterocycles. The first-order valence-electron chi connectivity index (χ1n) is 9.55. The first-order chi connectivity index (χ1) is 12.9. The van der Waals surface area contributed by atoms with Crippen LogP contribution in [0.3, 0.4) is 0 Å². The molecule has 8 heteroatoms.